The molecule has 1 atom stereocenters. The van der Waals surface area contributed by atoms with Gasteiger partial charge in [0.1, 0.15) is 11.6 Å². The van der Waals surface area contributed by atoms with Crippen molar-refractivity contribution in [1.82, 2.24) is 15.2 Å². The quantitative estimate of drug-likeness (QED) is 0.381. The molecule has 2 aromatic carbocycles. The first-order chi connectivity index (χ1) is 18.5. The van der Waals surface area contributed by atoms with Crippen molar-refractivity contribution in [3.63, 3.8) is 0 Å². The lowest BCUT2D eigenvalue weighted by Gasteiger charge is -2.32. The summed E-state index contributed by atoms with van der Waals surface area (Å²) in [7, 11) is 0. The SMILES string of the molecule is N#Cc1ccccc1-c1ccc(C(=O)NCC2CCCN(CCN)C2=O)c(NCCc2cccc(F)c2)n1. The maximum atomic E-state index is 13.6. The Bertz CT molecular complexity index is 1340. The number of halogens is 1. The van der Waals surface area contributed by atoms with Gasteiger partial charge in [-0.05, 0) is 55.2 Å². The van der Waals surface area contributed by atoms with Crippen LogP contribution in [-0.2, 0) is 11.2 Å². The van der Waals surface area contributed by atoms with Crippen molar-refractivity contribution in [2.45, 2.75) is 19.3 Å². The number of amides is 2. The Morgan fingerprint density at radius 1 is 1.18 bits per heavy atom. The maximum absolute atomic E-state index is 13.6. The van der Waals surface area contributed by atoms with Gasteiger partial charge in [0.25, 0.3) is 5.91 Å². The molecular weight excluding hydrogens is 483 g/mol. The number of hydrogen-bond donors (Lipinski definition) is 3. The number of likely N-dealkylation sites (tertiary alicyclic amines) is 1. The van der Waals surface area contributed by atoms with Gasteiger partial charge in [0.15, 0.2) is 0 Å². The number of carbonyl (C=O) groups is 2. The number of pyridine rings is 1. The summed E-state index contributed by atoms with van der Waals surface area (Å²) in [6.45, 7) is 2.24. The lowest BCUT2D eigenvalue weighted by atomic mass is 9.96. The second kappa shape index (κ2) is 12.8. The first-order valence-corrected chi connectivity index (χ1v) is 12.8. The number of carbonyl (C=O) groups excluding carboxylic acids is 2. The minimum atomic E-state index is -0.352. The third-order valence-electron chi connectivity index (χ3n) is 6.61. The zero-order chi connectivity index (χ0) is 26.9. The number of nitrogens with one attached hydrogen (secondary N) is 2. The third-order valence-corrected chi connectivity index (χ3v) is 6.61. The van der Waals surface area contributed by atoms with Crippen LogP contribution in [0.3, 0.4) is 0 Å². The Hall–Kier alpha value is -4.29. The number of nitriles is 1. The molecule has 1 saturated heterocycles. The number of nitrogens with two attached hydrogens (primary N) is 1. The van der Waals surface area contributed by atoms with Crippen LogP contribution in [0.5, 0.6) is 0 Å². The van der Waals surface area contributed by atoms with Crippen molar-refractivity contribution < 1.29 is 14.0 Å². The molecule has 2 heterocycles. The van der Waals surface area contributed by atoms with Crippen LogP contribution in [0.1, 0.15) is 34.3 Å². The number of anilines is 1. The summed E-state index contributed by atoms with van der Waals surface area (Å²) >= 11 is 0. The Kier molecular flexibility index (Phi) is 9.01. The van der Waals surface area contributed by atoms with E-state index in [9.17, 15) is 19.2 Å². The van der Waals surface area contributed by atoms with E-state index in [-0.39, 0.29) is 30.1 Å². The van der Waals surface area contributed by atoms with Gasteiger partial charge in [0.05, 0.1) is 28.8 Å². The predicted molar refractivity (Wildman–Crippen MR) is 144 cm³/mol. The van der Waals surface area contributed by atoms with E-state index in [1.54, 1.807) is 41.3 Å². The molecule has 1 aromatic heterocycles. The summed E-state index contributed by atoms with van der Waals surface area (Å²) in [5, 5.41) is 15.6. The van der Waals surface area contributed by atoms with Crippen LogP contribution in [0.15, 0.2) is 60.7 Å². The monoisotopic (exact) mass is 514 g/mol. The fourth-order valence-electron chi connectivity index (χ4n) is 4.65. The van der Waals surface area contributed by atoms with Gasteiger partial charge in [0.2, 0.25) is 5.91 Å². The summed E-state index contributed by atoms with van der Waals surface area (Å²) < 4.78 is 13.6. The number of piperidine rings is 1. The highest BCUT2D eigenvalue weighted by molar-refractivity contribution is 5.99. The van der Waals surface area contributed by atoms with Crippen molar-refractivity contribution in [2.75, 3.05) is 38.0 Å². The molecule has 0 spiro atoms. The smallest absolute Gasteiger partial charge is 0.255 e. The van der Waals surface area contributed by atoms with Crippen molar-refractivity contribution in [1.29, 1.82) is 5.26 Å². The molecule has 1 aliphatic heterocycles. The largest absolute Gasteiger partial charge is 0.369 e. The maximum Gasteiger partial charge on any atom is 0.255 e. The van der Waals surface area contributed by atoms with Crippen LogP contribution in [0.4, 0.5) is 10.2 Å². The number of nitrogens with zero attached hydrogens (tertiary/aromatic N) is 3. The van der Waals surface area contributed by atoms with Gasteiger partial charge in [-0.1, -0.05) is 30.3 Å². The van der Waals surface area contributed by atoms with Crippen LogP contribution >= 0.6 is 0 Å². The van der Waals surface area contributed by atoms with Crippen LogP contribution in [0, 0.1) is 23.1 Å². The molecule has 0 radical (unpaired) electrons. The molecule has 2 amide bonds. The number of hydrogen-bond acceptors (Lipinski definition) is 6. The van der Waals surface area contributed by atoms with Gasteiger partial charge in [-0.3, -0.25) is 9.59 Å². The molecule has 0 aliphatic carbocycles. The second-order valence-corrected chi connectivity index (χ2v) is 9.22. The van der Waals surface area contributed by atoms with E-state index in [1.165, 1.54) is 12.1 Å². The van der Waals surface area contributed by atoms with E-state index in [0.717, 1.165) is 12.0 Å². The molecule has 4 N–H and O–H groups in total. The predicted octanol–water partition coefficient (Wildman–Crippen LogP) is 3.34. The Morgan fingerprint density at radius 2 is 2.03 bits per heavy atom. The molecule has 4 rings (SSSR count). The summed E-state index contributed by atoms with van der Waals surface area (Å²) in [5.41, 5.74) is 8.44. The number of benzene rings is 2. The van der Waals surface area contributed by atoms with Crippen LogP contribution in [0.25, 0.3) is 11.3 Å². The zero-order valence-electron chi connectivity index (χ0n) is 21.1. The summed E-state index contributed by atoms with van der Waals surface area (Å²) in [4.78, 5) is 32.4. The van der Waals surface area contributed by atoms with Crippen molar-refractivity contribution in [3.8, 4) is 17.3 Å². The van der Waals surface area contributed by atoms with E-state index < -0.39 is 0 Å². The van der Waals surface area contributed by atoms with Crippen molar-refractivity contribution in [2.24, 2.45) is 11.7 Å². The fraction of sp³-hybridized carbons (Fsp3) is 0.310. The molecule has 0 bridgehead atoms. The highest BCUT2D eigenvalue weighted by Crippen LogP contribution is 2.25. The van der Waals surface area contributed by atoms with E-state index >= 15 is 0 Å². The van der Waals surface area contributed by atoms with Crippen LogP contribution in [-0.4, -0.2) is 54.4 Å². The highest BCUT2D eigenvalue weighted by Gasteiger charge is 2.28. The molecule has 3 aromatic rings. The molecule has 196 valence electrons. The summed E-state index contributed by atoms with van der Waals surface area (Å²) in [6, 6.07) is 19.0. The molecule has 1 unspecified atom stereocenters. The molecule has 8 nitrogen and oxygen atoms in total. The zero-order valence-corrected chi connectivity index (χ0v) is 21.1. The Balaban J connectivity index is 1.53. The molecule has 1 aliphatic rings. The van der Waals surface area contributed by atoms with Gasteiger partial charge in [-0.2, -0.15) is 5.26 Å². The average molecular weight is 515 g/mol. The van der Waals surface area contributed by atoms with Crippen molar-refractivity contribution in [3.05, 3.63) is 83.2 Å². The molecule has 0 saturated carbocycles. The summed E-state index contributed by atoms with van der Waals surface area (Å²) in [6.07, 6.45) is 2.10. The number of rotatable bonds is 10. The van der Waals surface area contributed by atoms with E-state index in [4.69, 9.17) is 5.73 Å². The molecular formula is C29H31FN6O2. The Labute approximate surface area is 221 Å². The lowest BCUT2D eigenvalue weighted by molar-refractivity contribution is -0.138. The first kappa shape index (κ1) is 26.8. The van der Waals surface area contributed by atoms with Gasteiger partial charge in [-0.25, -0.2) is 9.37 Å². The second-order valence-electron chi connectivity index (χ2n) is 9.22. The van der Waals surface area contributed by atoms with Crippen LogP contribution in [0.2, 0.25) is 0 Å². The summed E-state index contributed by atoms with van der Waals surface area (Å²) in [5.74, 6) is -0.591. The van der Waals surface area contributed by atoms with Gasteiger partial charge < -0.3 is 21.3 Å². The number of aromatic nitrogens is 1. The normalized spacial score (nSPS) is 15.1. The minimum absolute atomic E-state index is 0.0111. The molecule has 9 heteroatoms. The van der Waals surface area contributed by atoms with Gasteiger partial charge in [-0.15, -0.1) is 0 Å². The van der Waals surface area contributed by atoms with Gasteiger partial charge >= 0.3 is 0 Å². The third kappa shape index (κ3) is 6.52. The van der Waals surface area contributed by atoms with Crippen molar-refractivity contribution >= 4 is 17.6 Å². The lowest BCUT2D eigenvalue weighted by Crippen LogP contribution is -2.47. The molecule has 38 heavy (non-hydrogen) atoms. The minimum Gasteiger partial charge on any atom is -0.369 e. The standard InChI is InChI=1S/C29H31FN6O2/c30-23-8-3-5-20(17-23)12-14-33-27-25(10-11-26(35-27)24-9-2-1-6-21(24)18-32)28(37)34-19-22-7-4-15-36(16-13-31)29(22)38/h1-3,5-6,8-11,17,22H,4,7,12-16,19,31H2,(H,33,35)(H,34,37). The fourth-order valence-corrected chi connectivity index (χ4v) is 4.65. The van der Waals surface area contributed by atoms with E-state index in [1.807, 2.05) is 12.1 Å². The Morgan fingerprint density at radius 3 is 2.82 bits per heavy atom. The molecule has 1 fully saturated rings. The van der Waals surface area contributed by atoms with Gasteiger partial charge in [0, 0.05) is 38.3 Å². The van der Waals surface area contributed by atoms with E-state index in [0.29, 0.717) is 67.2 Å². The van der Waals surface area contributed by atoms with E-state index in [2.05, 4.69) is 21.7 Å². The average Bonchev–Trinajstić information content (AvgIpc) is 2.93. The first-order valence-electron chi connectivity index (χ1n) is 12.8. The van der Waals surface area contributed by atoms with Crippen LogP contribution < -0.4 is 16.4 Å². The topological polar surface area (TPSA) is 124 Å². The highest BCUT2D eigenvalue weighted by atomic mass is 19.1.